The Bertz CT molecular complexity index is 1500. The highest BCUT2D eigenvalue weighted by Crippen LogP contribution is 2.40. The van der Waals surface area contributed by atoms with Crippen LogP contribution in [0.25, 0.3) is 10.8 Å². The third-order valence-corrected chi connectivity index (χ3v) is 6.34. The van der Waals surface area contributed by atoms with Gasteiger partial charge < -0.3 is 10.6 Å². The molecule has 0 aliphatic carbocycles. The van der Waals surface area contributed by atoms with Gasteiger partial charge in [-0.1, -0.05) is 69.3 Å². The van der Waals surface area contributed by atoms with Gasteiger partial charge in [0.2, 0.25) is 11.8 Å². The number of carbonyl (C=O) groups excluding carboxylic acids is 3. The van der Waals surface area contributed by atoms with Crippen LogP contribution in [0.4, 0.5) is 22.7 Å². The number of rotatable bonds is 3. The molecule has 4 aromatic rings. The lowest BCUT2D eigenvalue weighted by Crippen LogP contribution is -2.26. The summed E-state index contributed by atoms with van der Waals surface area (Å²) in [6, 6.07) is 26.2. The number of nitrogens with zero attached hydrogens (tertiary/aromatic N) is 1. The van der Waals surface area contributed by atoms with E-state index in [0.717, 1.165) is 16.3 Å². The first kappa shape index (κ1) is 23.3. The second-order valence-electron chi connectivity index (χ2n) is 9.93. The molecule has 6 nitrogen and oxygen atoms in total. The highest BCUT2D eigenvalue weighted by Gasteiger charge is 2.29. The second kappa shape index (κ2) is 8.96. The van der Waals surface area contributed by atoms with E-state index in [1.54, 1.807) is 29.2 Å². The van der Waals surface area contributed by atoms with Crippen LogP contribution in [-0.2, 0) is 15.0 Å². The van der Waals surface area contributed by atoms with Crippen molar-refractivity contribution in [3.8, 4) is 0 Å². The van der Waals surface area contributed by atoms with Crippen molar-refractivity contribution in [2.75, 3.05) is 15.5 Å². The quantitative estimate of drug-likeness (QED) is 0.335. The molecule has 0 atom stereocenters. The number of hydrogen-bond donors (Lipinski definition) is 2. The maximum Gasteiger partial charge on any atom is 0.255 e. The molecular formula is C30H27N3O3. The second-order valence-corrected chi connectivity index (χ2v) is 9.93. The van der Waals surface area contributed by atoms with Gasteiger partial charge in [0.25, 0.3) is 5.91 Å². The van der Waals surface area contributed by atoms with Gasteiger partial charge in [-0.25, -0.2) is 0 Å². The Morgan fingerprint density at radius 2 is 1.56 bits per heavy atom. The average Bonchev–Trinajstić information content (AvgIpc) is 2.98. The standard InChI is InChI=1S/C30H27N3O3/c1-30(2,3)24-11-7-6-10-23(24)29(36)31-20-13-15-21(16-14-20)33-25-17-12-19-8-4-5-9-22(19)28(25)32-26(34)18-27(33)35/h4-17H,18H2,1-3H3,(H,31,36)(H,32,34). The third kappa shape index (κ3) is 4.33. The van der Waals surface area contributed by atoms with Crippen LogP contribution >= 0.6 is 0 Å². The molecule has 0 bridgehead atoms. The monoisotopic (exact) mass is 477 g/mol. The Morgan fingerprint density at radius 3 is 2.31 bits per heavy atom. The predicted octanol–water partition coefficient (Wildman–Crippen LogP) is 6.40. The summed E-state index contributed by atoms with van der Waals surface area (Å²) in [5, 5.41) is 7.71. The first-order valence-corrected chi connectivity index (χ1v) is 11.9. The lowest BCUT2D eigenvalue weighted by Gasteiger charge is -2.24. The topological polar surface area (TPSA) is 78.5 Å². The Kier molecular flexibility index (Phi) is 5.80. The molecule has 0 spiro atoms. The summed E-state index contributed by atoms with van der Waals surface area (Å²) in [7, 11) is 0. The molecule has 6 heteroatoms. The highest BCUT2D eigenvalue weighted by atomic mass is 16.2. The van der Waals surface area contributed by atoms with E-state index < -0.39 is 0 Å². The van der Waals surface area contributed by atoms with Crippen LogP contribution in [0.2, 0.25) is 0 Å². The molecule has 3 amide bonds. The average molecular weight is 478 g/mol. The van der Waals surface area contributed by atoms with Gasteiger partial charge in [0.15, 0.2) is 0 Å². The fourth-order valence-electron chi connectivity index (χ4n) is 4.62. The van der Waals surface area contributed by atoms with E-state index >= 15 is 0 Å². The first-order valence-electron chi connectivity index (χ1n) is 11.9. The molecule has 0 fully saturated rings. The zero-order valence-corrected chi connectivity index (χ0v) is 20.5. The number of nitrogens with one attached hydrogen (secondary N) is 2. The van der Waals surface area contributed by atoms with Gasteiger partial charge >= 0.3 is 0 Å². The predicted molar refractivity (Wildman–Crippen MR) is 144 cm³/mol. The molecular weight excluding hydrogens is 450 g/mol. The van der Waals surface area contributed by atoms with Crippen molar-refractivity contribution >= 4 is 51.2 Å². The van der Waals surface area contributed by atoms with Crippen LogP contribution in [0.3, 0.4) is 0 Å². The van der Waals surface area contributed by atoms with Gasteiger partial charge in [0.1, 0.15) is 6.42 Å². The largest absolute Gasteiger partial charge is 0.323 e. The van der Waals surface area contributed by atoms with Crippen molar-refractivity contribution in [2.45, 2.75) is 32.6 Å². The highest BCUT2D eigenvalue weighted by molar-refractivity contribution is 6.21. The molecule has 1 aliphatic rings. The number of benzene rings is 4. The Balaban J connectivity index is 1.47. The van der Waals surface area contributed by atoms with Crippen LogP contribution in [0.5, 0.6) is 0 Å². The maximum absolute atomic E-state index is 13.1. The van der Waals surface area contributed by atoms with Gasteiger partial charge in [-0.15, -0.1) is 0 Å². The molecule has 5 rings (SSSR count). The van der Waals surface area contributed by atoms with Crippen molar-refractivity contribution in [1.82, 2.24) is 0 Å². The van der Waals surface area contributed by atoms with Crippen molar-refractivity contribution in [2.24, 2.45) is 0 Å². The molecule has 4 aromatic carbocycles. The fraction of sp³-hybridized carbons (Fsp3) is 0.167. The molecule has 0 aromatic heterocycles. The number of anilines is 4. The van der Waals surface area contributed by atoms with E-state index in [2.05, 4.69) is 31.4 Å². The first-order chi connectivity index (χ1) is 17.2. The number of amides is 3. The van der Waals surface area contributed by atoms with E-state index in [1.807, 2.05) is 60.7 Å². The molecule has 1 aliphatic heterocycles. The lowest BCUT2D eigenvalue weighted by molar-refractivity contribution is -0.124. The number of fused-ring (bicyclic) bond motifs is 3. The number of hydrogen-bond acceptors (Lipinski definition) is 3. The Morgan fingerprint density at radius 1 is 0.861 bits per heavy atom. The SMILES string of the molecule is CC(C)(C)c1ccccc1C(=O)Nc1ccc(N2C(=O)CC(=O)Nc3c2ccc2ccccc32)cc1. The Labute approximate surface area is 209 Å². The fourth-order valence-corrected chi connectivity index (χ4v) is 4.62. The van der Waals surface area contributed by atoms with E-state index in [4.69, 9.17) is 0 Å². The van der Waals surface area contributed by atoms with Crippen LogP contribution in [0, 0.1) is 0 Å². The summed E-state index contributed by atoms with van der Waals surface area (Å²) in [5.41, 5.74) is 3.87. The van der Waals surface area contributed by atoms with E-state index in [1.165, 1.54) is 0 Å². The zero-order valence-electron chi connectivity index (χ0n) is 20.5. The van der Waals surface area contributed by atoms with E-state index in [0.29, 0.717) is 28.3 Å². The lowest BCUT2D eigenvalue weighted by atomic mass is 9.83. The summed E-state index contributed by atoms with van der Waals surface area (Å²) in [4.78, 5) is 40.2. The minimum atomic E-state index is -0.346. The van der Waals surface area contributed by atoms with Gasteiger partial charge in [-0.2, -0.15) is 0 Å². The summed E-state index contributed by atoms with van der Waals surface area (Å²) >= 11 is 0. The summed E-state index contributed by atoms with van der Waals surface area (Å²) < 4.78 is 0. The van der Waals surface area contributed by atoms with Crippen molar-refractivity contribution in [1.29, 1.82) is 0 Å². The molecule has 2 N–H and O–H groups in total. The van der Waals surface area contributed by atoms with Crippen LogP contribution in [-0.4, -0.2) is 17.7 Å². The third-order valence-electron chi connectivity index (χ3n) is 6.34. The zero-order chi connectivity index (χ0) is 25.4. The van der Waals surface area contributed by atoms with Crippen LogP contribution in [0.15, 0.2) is 84.9 Å². The maximum atomic E-state index is 13.1. The van der Waals surface area contributed by atoms with Gasteiger partial charge in [0, 0.05) is 22.3 Å². The van der Waals surface area contributed by atoms with Crippen LogP contribution < -0.4 is 15.5 Å². The normalized spacial score (nSPS) is 13.7. The van der Waals surface area contributed by atoms with Crippen molar-refractivity contribution in [3.05, 3.63) is 96.1 Å². The van der Waals surface area contributed by atoms with Gasteiger partial charge in [-0.05, 0) is 52.8 Å². The summed E-state index contributed by atoms with van der Waals surface area (Å²) in [6.45, 7) is 6.23. The molecule has 0 unspecified atom stereocenters. The van der Waals surface area contributed by atoms with E-state index in [-0.39, 0.29) is 29.6 Å². The Hall–Kier alpha value is -4.45. The van der Waals surface area contributed by atoms with E-state index in [9.17, 15) is 14.4 Å². The smallest absolute Gasteiger partial charge is 0.255 e. The molecule has 0 radical (unpaired) electrons. The molecule has 0 saturated carbocycles. The number of carbonyl (C=O) groups is 3. The van der Waals surface area contributed by atoms with Crippen molar-refractivity contribution < 1.29 is 14.4 Å². The molecule has 1 heterocycles. The minimum Gasteiger partial charge on any atom is -0.323 e. The molecule has 36 heavy (non-hydrogen) atoms. The summed E-state index contributed by atoms with van der Waals surface area (Å²) in [5.74, 6) is -0.857. The van der Waals surface area contributed by atoms with Crippen LogP contribution in [0.1, 0.15) is 43.1 Å². The van der Waals surface area contributed by atoms with Crippen molar-refractivity contribution in [3.63, 3.8) is 0 Å². The van der Waals surface area contributed by atoms with Gasteiger partial charge in [0.05, 0.1) is 11.4 Å². The minimum absolute atomic E-state index is 0.173. The molecule has 180 valence electrons. The summed E-state index contributed by atoms with van der Waals surface area (Å²) in [6.07, 6.45) is -0.259. The van der Waals surface area contributed by atoms with Gasteiger partial charge in [-0.3, -0.25) is 19.3 Å². The molecule has 0 saturated heterocycles.